The second-order valence-corrected chi connectivity index (χ2v) is 9.01. The molecule has 6 nitrogen and oxygen atoms in total. The maximum Gasteiger partial charge on any atom is 0.254 e. The topological polar surface area (TPSA) is 59.4 Å². The highest BCUT2D eigenvalue weighted by Crippen LogP contribution is 2.46. The van der Waals surface area contributed by atoms with Gasteiger partial charge in [0, 0.05) is 32.1 Å². The zero-order chi connectivity index (χ0) is 19.5. The summed E-state index contributed by atoms with van der Waals surface area (Å²) in [6.07, 6.45) is 4.23. The van der Waals surface area contributed by atoms with Crippen molar-refractivity contribution < 1.29 is 9.53 Å². The molecule has 1 aliphatic carbocycles. The largest absolute Gasteiger partial charge is 0.346 e. The van der Waals surface area contributed by atoms with Crippen molar-refractivity contribution in [3.05, 3.63) is 52.3 Å². The molecule has 1 aromatic carbocycles. The normalized spacial score (nSPS) is 31.5. The van der Waals surface area contributed by atoms with Gasteiger partial charge in [-0.1, -0.05) is 29.8 Å². The van der Waals surface area contributed by atoms with Crippen LogP contribution in [0.5, 0.6) is 0 Å². The molecule has 0 bridgehead atoms. The first-order valence-corrected chi connectivity index (χ1v) is 10.5. The fourth-order valence-electron chi connectivity index (χ4n) is 4.96. The lowest BCUT2D eigenvalue weighted by Gasteiger charge is -2.45. The lowest BCUT2D eigenvalue weighted by molar-refractivity contribution is -0.0970. The molecule has 148 valence electrons. The van der Waals surface area contributed by atoms with Crippen molar-refractivity contribution in [1.29, 1.82) is 0 Å². The number of nitrogens with zero attached hydrogens (tertiary/aromatic N) is 3. The summed E-state index contributed by atoms with van der Waals surface area (Å²) in [6, 6.07) is 7.88. The number of nitrogens with one attached hydrogen (secondary N) is 1. The maximum atomic E-state index is 13.2. The molecule has 1 saturated heterocycles. The number of aromatic nitrogens is 2. The summed E-state index contributed by atoms with van der Waals surface area (Å²) in [7, 11) is 1.89. The molecule has 2 aliphatic heterocycles. The number of benzene rings is 1. The molecule has 2 fully saturated rings. The zero-order valence-corrected chi connectivity index (χ0v) is 17.3. The van der Waals surface area contributed by atoms with Crippen LogP contribution >= 0.6 is 24.2 Å². The molecule has 2 aromatic rings. The molecule has 28 heavy (non-hydrogen) atoms. The highest BCUT2D eigenvalue weighted by molar-refractivity contribution is 7.80. The van der Waals surface area contributed by atoms with Crippen molar-refractivity contribution in [2.75, 3.05) is 13.1 Å². The number of hydrogen-bond donors (Lipinski definition) is 2. The summed E-state index contributed by atoms with van der Waals surface area (Å²) in [4.78, 5) is 15.2. The van der Waals surface area contributed by atoms with Gasteiger partial charge in [0.15, 0.2) is 5.56 Å². The van der Waals surface area contributed by atoms with Crippen LogP contribution in [0.25, 0.3) is 0 Å². The van der Waals surface area contributed by atoms with E-state index in [-0.39, 0.29) is 23.1 Å². The Balaban J connectivity index is 1.38. The highest BCUT2D eigenvalue weighted by Gasteiger charge is 2.51. The Labute approximate surface area is 174 Å². The minimum atomic E-state index is -0.182. The van der Waals surface area contributed by atoms with E-state index < -0.39 is 0 Å². The quantitative estimate of drug-likeness (QED) is 0.749. The van der Waals surface area contributed by atoms with Gasteiger partial charge in [-0.2, -0.15) is 5.10 Å². The monoisotopic (exact) mass is 418 g/mol. The fourth-order valence-corrected chi connectivity index (χ4v) is 5.52. The van der Waals surface area contributed by atoms with Crippen LogP contribution in [0.3, 0.4) is 0 Å². The van der Waals surface area contributed by atoms with E-state index in [9.17, 15) is 4.79 Å². The Morgan fingerprint density at radius 3 is 2.86 bits per heavy atom. The molecule has 8 heteroatoms. The van der Waals surface area contributed by atoms with Crippen molar-refractivity contribution in [3.8, 4) is 0 Å². The van der Waals surface area contributed by atoms with E-state index in [4.69, 9.17) is 16.3 Å². The van der Waals surface area contributed by atoms with E-state index in [0.29, 0.717) is 17.4 Å². The lowest BCUT2D eigenvalue weighted by atomic mass is 9.70. The summed E-state index contributed by atoms with van der Waals surface area (Å²) < 4.78 is 7.73. The van der Waals surface area contributed by atoms with Gasteiger partial charge in [-0.3, -0.25) is 14.8 Å². The first kappa shape index (κ1) is 18.5. The fraction of sp³-hybridized carbons (Fsp3) is 0.500. The minimum Gasteiger partial charge on any atom is -0.346 e. The first-order chi connectivity index (χ1) is 13.5. The van der Waals surface area contributed by atoms with Gasteiger partial charge in [-0.15, -0.1) is 12.6 Å². The number of thiol groups is 1. The molecular weight excluding hydrogens is 396 g/mol. The molecular formula is C20H23ClN4O2S. The smallest absolute Gasteiger partial charge is 0.254 e. The number of fused-ring (bicyclic) bond motifs is 1. The SMILES string of the molecule is Cn1ncc(Cl)c1CC1c2ccccc2C(=O)N1CC1CC2(CNC(S)O2)C1. The lowest BCUT2D eigenvalue weighted by Crippen LogP contribution is -2.51. The number of rotatable bonds is 4. The second kappa shape index (κ2) is 6.76. The summed E-state index contributed by atoms with van der Waals surface area (Å²) in [5, 5.41) is 8.14. The van der Waals surface area contributed by atoms with Gasteiger partial charge >= 0.3 is 0 Å². The predicted molar refractivity (Wildman–Crippen MR) is 109 cm³/mol. The van der Waals surface area contributed by atoms with Crippen LogP contribution in [0.15, 0.2) is 30.5 Å². The Morgan fingerprint density at radius 1 is 1.39 bits per heavy atom. The Hall–Kier alpha value is -1.54. The average Bonchev–Trinajstić information content (AvgIpc) is 3.27. The van der Waals surface area contributed by atoms with Gasteiger partial charge in [-0.05, 0) is 30.4 Å². The van der Waals surface area contributed by atoms with E-state index in [1.807, 2.05) is 30.1 Å². The van der Waals surface area contributed by atoms with Gasteiger partial charge in [0.2, 0.25) is 0 Å². The summed E-state index contributed by atoms with van der Waals surface area (Å²) >= 11 is 10.7. The van der Waals surface area contributed by atoms with E-state index in [1.54, 1.807) is 10.9 Å². The standard InChI is InChI=1S/C20H23ClN4O2S/c1-24-17(15(21)9-23-24)6-16-13-4-2-3-5-14(13)18(26)25(16)10-12-7-20(8-12)11-22-19(28)27-20/h2-5,9,12,16,19,22,28H,6-8,10-11H2,1H3. The van der Waals surface area contributed by atoms with Gasteiger partial charge in [0.1, 0.15) is 0 Å². The Kier molecular flexibility index (Phi) is 4.46. The second-order valence-electron chi connectivity index (χ2n) is 8.14. The van der Waals surface area contributed by atoms with E-state index in [1.165, 1.54) is 0 Å². The number of hydrogen-bond acceptors (Lipinski definition) is 5. The molecule has 1 amide bonds. The zero-order valence-electron chi connectivity index (χ0n) is 15.6. The summed E-state index contributed by atoms with van der Waals surface area (Å²) in [5.41, 5.74) is 2.54. The van der Waals surface area contributed by atoms with Crippen LogP contribution in [0.4, 0.5) is 0 Å². The molecule has 1 N–H and O–H groups in total. The Morgan fingerprint density at radius 2 is 2.18 bits per heavy atom. The minimum absolute atomic E-state index is 0.0200. The van der Waals surface area contributed by atoms with Crippen molar-refractivity contribution in [2.45, 2.75) is 36.5 Å². The average molecular weight is 419 g/mol. The molecule has 2 unspecified atom stereocenters. The predicted octanol–water partition coefficient (Wildman–Crippen LogP) is 2.80. The number of aryl methyl sites for hydroxylation is 1. The van der Waals surface area contributed by atoms with Crippen molar-refractivity contribution in [3.63, 3.8) is 0 Å². The van der Waals surface area contributed by atoms with Crippen molar-refractivity contribution in [1.82, 2.24) is 20.0 Å². The Bertz CT molecular complexity index is 907. The maximum absolute atomic E-state index is 13.2. The summed E-state index contributed by atoms with van der Waals surface area (Å²) in [6.45, 7) is 1.57. The molecule has 1 aromatic heterocycles. The first-order valence-electron chi connectivity index (χ1n) is 9.61. The third kappa shape index (κ3) is 2.96. The number of carbonyl (C=O) groups is 1. The van der Waals surface area contributed by atoms with Crippen molar-refractivity contribution in [2.24, 2.45) is 13.0 Å². The van der Waals surface area contributed by atoms with Crippen molar-refractivity contribution >= 4 is 30.1 Å². The van der Waals surface area contributed by atoms with Gasteiger partial charge in [0.05, 0.1) is 28.6 Å². The molecule has 0 radical (unpaired) electrons. The molecule has 3 aliphatic rings. The molecule has 2 atom stereocenters. The molecule has 1 spiro atoms. The highest BCUT2D eigenvalue weighted by atomic mass is 35.5. The van der Waals surface area contributed by atoms with Crippen LogP contribution in [-0.2, 0) is 18.2 Å². The van der Waals surface area contributed by atoms with E-state index >= 15 is 0 Å². The van der Waals surface area contributed by atoms with Gasteiger partial charge in [0.25, 0.3) is 5.91 Å². The molecule has 1 saturated carbocycles. The van der Waals surface area contributed by atoms with Crippen LogP contribution in [0.1, 0.15) is 40.5 Å². The number of halogens is 1. The number of amides is 1. The third-order valence-electron chi connectivity index (χ3n) is 6.32. The van der Waals surface area contributed by atoms with Crippen LogP contribution in [-0.4, -0.2) is 44.8 Å². The molecule has 3 heterocycles. The molecule has 5 rings (SSSR count). The van der Waals surface area contributed by atoms with Gasteiger partial charge < -0.3 is 9.64 Å². The van der Waals surface area contributed by atoms with E-state index in [0.717, 1.165) is 42.8 Å². The van der Waals surface area contributed by atoms with E-state index in [2.05, 4.69) is 29.1 Å². The number of carbonyl (C=O) groups excluding carboxylic acids is 1. The third-order valence-corrected chi connectivity index (χ3v) is 6.93. The van der Waals surface area contributed by atoms with Crippen LogP contribution in [0.2, 0.25) is 5.02 Å². The summed E-state index contributed by atoms with van der Waals surface area (Å²) in [5.74, 6) is 0.542. The van der Waals surface area contributed by atoms with Gasteiger partial charge in [-0.25, -0.2) is 0 Å². The van der Waals surface area contributed by atoms with Crippen LogP contribution in [0, 0.1) is 5.92 Å². The number of ether oxygens (including phenoxy) is 1. The van der Waals surface area contributed by atoms with Crippen LogP contribution < -0.4 is 5.32 Å².